The molecule has 1 aliphatic rings. The zero-order chi connectivity index (χ0) is 19.6. The first kappa shape index (κ1) is 19.6. The molecule has 1 aromatic carbocycles. The second-order valence-corrected chi connectivity index (χ2v) is 9.00. The fourth-order valence-corrected chi connectivity index (χ4v) is 5.03. The van der Waals surface area contributed by atoms with Crippen LogP contribution in [0.2, 0.25) is 0 Å². The highest BCUT2D eigenvalue weighted by Crippen LogP contribution is 2.28. The molecule has 1 aliphatic heterocycles. The molecule has 27 heavy (non-hydrogen) atoms. The lowest BCUT2D eigenvalue weighted by Gasteiger charge is -2.32. The topological polar surface area (TPSA) is 75.6 Å². The van der Waals surface area contributed by atoms with E-state index in [1.807, 2.05) is 45.0 Å². The Balaban J connectivity index is 1.81. The number of sulfonamides is 1. The minimum atomic E-state index is -3.56. The molecule has 8 heteroatoms. The van der Waals surface area contributed by atoms with Crippen molar-refractivity contribution in [3.8, 4) is 5.88 Å². The maximum Gasteiger partial charge on any atom is 0.257 e. The summed E-state index contributed by atoms with van der Waals surface area (Å²) in [5, 5.41) is 0. The van der Waals surface area contributed by atoms with Crippen molar-refractivity contribution in [2.75, 3.05) is 32.1 Å². The summed E-state index contributed by atoms with van der Waals surface area (Å²) in [5.74, 6) is 1.06. The van der Waals surface area contributed by atoms with Crippen molar-refractivity contribution in [3.05, 3.63) is 41.7 Å². The number of rotatable bonds is 5. The number of piperidine rings is 1. The normalized spacial score (nSPS) is 18.3. The first-order valence-electron chi connectivity index (χ1n) is 9.01. The van der Waals surface area contributed by atoms with Gasteiger partial charge in [-0.25, -0.2) is 18.4 Å². The molecule has 7 nitrogen and oxygen atoms in total. The van der Waals surface area contributed by atoms with E-state index in [0.29, 0.717) is 29.7 Å². The minimum Gasteiger partial charge on any atom is -0.470 e. The van der Waals surface area contributed by atoms with Crippen molar-refractivity contribution in [2.24, 2.45) is 0 Å². The van der Waals surface area contributed by atoms with Gasteiger partial charge in [0.25, 0.3) is 5.88 Å². The Morgan fingerprint density at radius 3 is 2.67 bits per heavy atom. The number of aromatic nitrogens is 2. The summed E-state index contributed by atoms with van der Waals surface area (Å²) in [7, 11) is 0.180. The van der Waals surface area contributed by atoms with E-state index in [2.05, 4.69) is 9.97 Å². The first-order chi connectivity index (χ1) is 12.8. The molecule has 0 N–H and O–H groups in total. The predicted octanol–water partition coefficient (Wildman–Crippen LogP) is 2.39. The molecule has 0 saturated carbocycles. The fourth-order valence-electron chi connectivity index (χ4n) is 3.21. The van der Waals surface area contributed by atoms with Crippen molar-refractivity contribution in [2.45, 2.75) is 37.7 Å². The number of anilines is 1. The van der Waals surface area contributed by atoms with Gasteiger partial charge in [-0.15, -0.1) is 0 Å². The Hall–Kier alpha value is -2.19. The molecular formula is C19H26N4O3S. The standard InChI is InChI=1S/C19H26N4O3S/c1-14-7-8-15(2)17(12-14)27(24,25)23-11-5-6-16(13-23)26-19-18(22(3)4)20-9-10-21-19/h7-10,12,16H,5-6,11,13H2,1-4H3. The average Bonchev–Trinajstić information content (AvgIpc) is 2.64. The van der Waals surface area contributed by atoms with Crippen LogP contribution in [0.15, 0.2) is 35.5 Å². The molecule has 2 aromatic rings. The van der Waals surface area contributed by atoms with Gasteiger partial charge in [0.15, 0.2) is 5.82 Å². The van der Waals surface area contributed by atoms with Gasteiger partial charge in [0, 0.05) is 33.0 Å². The van der Waals surface area contributed by atoms with Gasteiger partial charge in [0.05, 0.1) is 11.4 Å². The van der Waals surface area contributed by atoms with E-state index in [4.69, 9.17) is 4.74 Å². The van der Waals surface area contributed by atoms with E-state index in [-0.39, 0.29) is 6.10 Å². The van der Waals surface area contributed by atoms with E-state index in [9.17, 15) is 8.42 Å². The molecule has 1 saturated heterocycles. The second kappa shape index (κ2) is 7.82. The molecule has 146 valence electrons. The number of nitrogens with zero attached hydrogens (tertiary/aromatic N) is 4. The van der Waals surface area contributed by atoms with E-state index in [1.54, 1.807) is 18.5 Å². The fraction of sp³-hybridized carbons (Fsp3) is 0.474. The lowest BCUT2D eigenvalue weighted by atomic mass is 10.1. The summed E-state index contributed by atoms with van der Waals surface area (Å²) in [4.78, 5) is 10.8. The summed E-state index contributed by atoms with van der Waals surface area (Å²) in [6.07, 6.45) is 4.46. The molecule has 3 rings (SSSR count). The molecule has 0 aliphatic carbocycles. The van der Waals surface area contributed by atoms with Gasteiger partial charge in [-0.3, -0.25) is 0 Å². The first-order valence-corrected chi connectivity index (χ1v) is 10.5. The number of aryl methyl sites for hydroxylation is 2. The van der Waals surface area contributed by atoms with E-state index in [0.717, 1.165) is 24.0 Å². The molecular weight excluding hydrogens is 364 g/mol. The highest BCUT2D eigenvalue weighted by Gasteiger charge is 2.32. The van der Waals surface area contributed by atoms with Gasteiger partial charge in [-0.1, -0.05) is 12.1 Å². The Kier molecular flexibility index (Phi) is 5.67. The quantitative estimate of drug-likeness (QED) is 0.780. The Labute approximate surface area is 161 Å². The van der Waals surface area contributed by atoms with Crippen LogP contribution in [-0.4, -0.2) is 56.0 Å². The maximum atomic E-state index is 13.2. The largest absolute Gasteiger partial charge is 0.470 e. The lowest BCUT2D eigenvalue weighted by molar-refractivity contribution is 0.125. The van der Waals surface area contributed by atoms with Crippen molar-refractivity contribution >= 4 is 15.8 Å². The zero-order valence-corrected chi connectivity index (χ0v) is 17.0. The zero-order valence-electron chi connectivity index (χ0n) is 16.2. The SMILES string of the molecule is Cc1ccc(C)c(S(=O)(=O)N2CCCC(Oc3nccnc3N(C)C)C2)c1. The summed E-state index contributed by atoms with van der Waals surface area (Å²) in [6.45, 7) is 4.53. The Morgan fingerprint density at radius 1 is 1.19 bits per heavy atom. The van der Waals surface area contributed by atoms with Gasteiger partial charge in [-0.05, 0) is 43.9 Å². The number of ether oxygens (including phenoxy) is 1. The molecule has 0 spiro atoms. The summed E-state index contributed by atoms with van der Waals surface area (Å²) < 4.78 is 33.9. The maximum absolute atomic E-state index is 13.2. The molecule has 1 unspecified atom stereocenters. The van der Waals surface area contributed by atoms with Crippen molar-refractivity contribution < 1.29 is 13.2 Å². The van der Waals surface area contributed by atoms with Gasteiger partial charge in [-0.2, -0.15) is 4.31 Å². The molecule has 1 atom stereocenters. The Bertz CT molecular complexity index is 915. The highest BCUT2D eigenvalue weighted by atomic mass is 32.2. The third-order valence-electron chi connectivity index (χ3n) is 4.65. The van der Waals surface area contributed by atoms with E-state index >= 15 is 0 Å². The third kappa shape index (κ3) is 4.22. The highest BCUT2D eigenvalue weighted by molar-refractivity contribution is 7.89. The molecule has 0 bridgehead atoms. The lowest BCUT2D eigenvalue weighted by Crippen LogP contribution is -2.44. The van der Waals surface area contributed by atoms with Crippen LogP contribution in [0.3, 0.4) is 0 Å². The summed E-state index contributed by atoms with van der Waals surface area (Å²) in [5.41, 5.74) is 1.69. The minimum absolute atomic E-state index is 0.256. The molecule has 1 aromatic heterocycles. The third-order valence-corrected chi connectivity index (χ3v) is 6.66. The molecule has 2 heterocycles. The van der Waals surface area contributed by atoms with E-state index in [1.165, 1.54) is 4.31 Å². The van der Waals surface area contributed by atoms with E-state index < -0.39 is 10.0 Å². The summed E-state index contributed by atoms with van der Waals surface area (Å²) in [6, 6.07) is 5.51. The smallest absolute Gasteiger partial charge is 0.257 e. The van der Waals surface area contributed by atoms with Crippen LogP contribution < -0.4 is 9.64 Å². The van der Waals surface area contributed by atoms with Crippen molar-refractivity contribution in [1.82, 2.24) is 14.3 Å². The van der Waals surface area contributed by atoms with Crippen molar-refractivity contribution in [1.29, 1.82) is 0 Å². The van der Waals surface area contributed by atoms with Crippen LogP contribution in [0.5, 0.6) is 5.88 Å². The average molecular weight is 391 g/mol. The number of hydrogen-bond acceptors (Lipinski definition) is 6. The molecule has 1 fully saturated rings. The van der Waals surface area contributed by atoms with Gasteiger partial charge in [0.1, 0.15) is 6.10 Å². The Morgan fingerprint density at radius 2 is 1.93 bits per heavy atom. The van der Waals surface area contributed by atoms with Crippen LogP contribution in [0.25, 0.3) is 0 Å². The van der Waals surface area contributed by atoms with Gasteiger partial charge < -0.3 is 9.64 Å². The van der Waals surface area contributed by atoms with Crippen LogP contribution in [0, 0.1) is 13.8 Å². The van der Waals surface area contributed by atoms with Gasteiger partial charge in [0.2, 0.25) is 10.0 Å². The number of hydrogen-bond donors (Lipinski definition) is 0. The van der Waals surface area contributed by atoms with Crippen LogP contribution in [0.1, 0.15) is 24.0 Å². The second-order valence-electron chi connectivity index (χ2n) is 7.09. The summed E-state index contributed by atoms with van der Waals surface area (Å²) >= 11 is 0. The monoisotopic (exact) mass is 390 g/mol. The van der Waals surface area contributed by atoms with Crippen LogP contribution in [-0.2, 0) is 10.0 Å². The van der Waals surface area contributed by atoms with Crippen LogP contribution in [0.4, 0.5) is 5.82 Å². The number of benzene rings is 1. The van der Waals surface area contributed by atoms with Crippen molar-refractivity contribution in [3.63, 3.8) is 0 Å². The molecule has 0 amide bonds. The van der Waals surface area contributed by atoms with Gasteiger partial charge >= 0.3 is 0 Å². The predicted molar refractivity (Wildman–Crippen MR) is 105 cm³/mol. The van der Waals surface area contributed by atoms with Crippen LogP contribution >= 0.6 is 0 Å². The molecule has 0 radical (unpaired) electrons.